The van der Waals surface area contributed by atoms with Crippen LogP contribution in [0.4, 0.5) is 0 Å². The summed E-state index contributed by atoms with van der Waals surface area (Å²) >= 11 is 0. The molecule has 0 amide bonds. The SMILES string of the molecule is Cn1[c]cnc1C=O. The lowest BCUT2D eigenvalue weighted by Crippen LogP contribution is -1.93. The normalized spacial score (nSPS) is 9.12. The molecule has 0 aliphatic heterocycles. The number of nitrogens with zero attached hydrogens (tertiary/aromatic N) is 2. The van der Waals surface area contributed by atoms with E-state index < -0.39 is 0 Å². The van der Waals surface area contributed by atoms with Crippen molar-refractivity contribution in [2.24, 2.45) is 7.05 Å². The zero-order chi connectivity index (χ0) is 5.98. The molecule has 1 heterocycles. The zero-order valence-electron chi connectivity index (χ0n) is 4.46. The van der Waals surface area contributed by atoms with E-state index in [2.05, 4.69) is 11.2 Å². The molecule has 0 saturated heterocycles. The highest BCUT2D eigenvalue weighted by Crippen LogP contribution is 1.85. The number of imidazole rings is 1. The van der Waals surface area contributed by atoms with Crippen LogP contribution in [0.2, 0.25) is 0 Å². The van der Waals surface area contributed by atoms with E-state index in [1.165, 1.54) is 10.8 Å². The highest BCUT2D eigenvalue weighted by atomic mass is 16.1. The molecule has 0 spiro atoms. The summed E-state index contributed by atoms with van der Waals surface area (Å²) in [6.45, 7) is 0. The van der Waals surface area contributed by atoms with Crippen LogP contribution in [-0.2, 0) is 7.05 Å². The Morgan fingerprint density at radius 1 is 2.00 bits per heavy atom. The first kappa shape index (κ1) is 5.03. The molecule has 3 heteroatoms. The Hall–Kier alpha value is -1.12. The van der Waals surface area contributed by atoms with Gasteiger partial charge < -0.3 is 4.57 Å². The molecule has 3 nitrogen and oxygen atoms in total. The van der Waals surface area contributed by atoms with E-state index in [1.807, 2.05) is 0 Å². The molecule has 8 heavy (non-hydrogen) atoms. The van der Waals surface area contributed by atoms with Gasteiger partial charge in [0.2, 0.25) is 0 Å². The number of aromatic nitrogens is 2. The zero-order valence-corrected chi connectivity index (χ0v) is 4.46. The molecule has 0 fully saturated rings. The fraction of sp³-hybridized carbons (Fsp3) is 0.200. The highest BCUT2D eigenvalue weighted by Gasteiger charge is 1.91. The van der Waals surface area contributed by atoms with Crippen LogP contribution >= 0.6 is 0 Å². The number of carbonyl (C=O) groups excluding carboxylic acids is 1. The van der Waals surface area contributed by atoms with Crippen LogP contribution in [0.3, 0.4) is 0 Å². The van der Waals surface area contributed by atoms with Crippen molar-refractivity contribution in [3.8, 4) is 0 Å². The second kappa shape index (κ2) is 1.78. The third-order valence-corrected chi connectivity index (χ3v) is 0.897. The summed E-state index contributed by atoms with van der Waals surface area (Å²) in [6.07, 6.45) is 4.85. The number of aryl methyl sites for hydroxylation is 1. The molecule has 1 aromatic rings. The van der Waals surface area contributed by atoms with Crippen molar-refractivity contribution < 1.29 is 4.79 Å². The molecule has 0 atom stereocenters. The Morgan fingerprint density at radius 3 is 3.00 bits per heavy atom. The summed E-state index contributed by atoms with van der Waals surface area (Å²) in [4.78, 5) is 13.7. The molecular formula is C5H5N2O. The van der Waals surface area contributed by atoms with E-state index >= 15 is 0 Å². The molecule has 0 aliphatic rings. The van der Waals surface area contributed by atoms with Crippen molar-refractivity contribution in [2.75, 3.05) is 0 Å². The summed E-state index contributed by atoms with van der Waals surface area (Å²) < 4.78 is 1.53. The van der Waals surface area contributed by atoms with Crippen LogP contribution in [0.15, 0.2) is 6.20 Å². The Morgan fingerprint density at radius 2 is 2.75 bits per heavy atom. The second-order valence-corrected chi connectivity index (χ2v) is 1.42. The van der Waals surface area contributed by atoms with E-state index in [0.29, 0.717) is 12.1 Å². The van der Waals surface area contributed by atoms with E-state index in [4.69, 9.17) is 0 Å². The van der Waals surface area contributed by atoms with Gasteiger partial charge >= 0.3 is 0 Å². The highest BCUT2D eigenvalue weighted by molar-refractivity contribution is 5.68. The fourth-order valence-corrected chi connectivity index (χ4v) is 0.444. The number of rotatable bonds is 1. The molecule has 0 aromatic carbocycles. The minimum absolute atomic E-state index is 0.407. The molecule has 41 valence electrons. The minimum atomic E-state index is 0.407. The number of aldehydes is 1. The molecule has 1 radical (unpaired) electrons. The number of carbonyl (C=O) groups is 1. The van der Waals surface area contributed by atoms with Gasteiger partial charge in [0.15, 0.2) is 12.1 Å². The fourth-order valence-electron chi connectivity index (χ4n) is 0.444. The predicted molar refractivity (Wildman–Crippen MR) is 27.4 cm³/mol. The summed E-state index contributed by atoms with van der Waals surface area (Å²) in [5, 5.41) is 0. The average molecular weight is 109 g/mol. The van der Waals surface area contributed by atoms with Gasteiger partial charge in [0.05, 0.1) is 12.4 Å². The van der Waals surface area contributed by atoms with E-state index in [1.54, 1.807) is 7.05 Å². The molecular weight excluding hydrogens is 104 g/mol. The summed E-state index contributed by atoms with van der Waals surface area (Å²) in [5.74, 6) is 0.407. The van der Waals surface area contributed by atoms with E-state index in [9.17, 15) is 4.79 Å². The van der Waals surface area contributed by atoms with Gasteiger partial charge in [-0.05, 0) is 0 Å². The third-order valence-electron chi connectivity index (χ3n) is 0.897. The van der Waals surface area contributed by atoms with Crippen LogP contribution < -0.4 is 0 Å². The smallest absolute Gasteiger partial charge is 0.185 e. The Balaban J connectivity index is 3.09. The second-order valence-electron chi connectivity index (χ2n) is 1.42. The Kier molecular flexibility index (Phi) is 1.12. The van der Waals surface area contributed by atoms with Gasteiger partial charge in [-0.25, -0.2) is 4.98 Å². The summed E-state index contributed by atoms with van der Waals surface area (Å²) in [7, 11) is 1.72. The lowest BCUT2D eigenvalue weighted by molar-refractivity contribution is 0.111. The molecule has 0 aliphatic carbocycles. The van der Waals surface area contributed by atoms with Gasteiger partial charge in [0.25, 0.3) is 0 Å². The van der Waals surface area contributed by atoms with Crippen molar-refractivity contribution in [3.05, 3.63) is 18.2 Å². The maximum atomic E-state index is 9.99. The number of hydrogen-bond donors (Lipinski definition) is 0. The number of hydrogen-bond acceptors (Lipinski definition) is 2. The van der Waals surface area contributed by atoms with Crippen molar-refractivity contribution >= 4 is 6.29 Å². The first-order valence-corrected chi connectivity index (χ1v) is 2.19. The predicted octanol–water partition coefficient (Wildman–Crippen LogP) is 0.0328. The monoisotopic (exact) mass is 109 g/mol. The van der Waals surface area contributed by atoms with Crippen LogP contribution in [0.1, 0.15) is 10.6 Å². The maximum absolute atomic E-state index is 9.99. The summed E-state index contributed by atoms with van der Waals surface area (Å²) in [6, 6.07) is 0. The van der Waals surface area contributed by atoms with Crippen molar-refractivity contribution in [3.63, 3.8) is 0 Å². The van der Waals surface area contributed by atoms with Gasteiger partial charge in [0.1, 0.15) is 0 Å². The van der Waals surface area contributed by atoms with E-state index in [-0.39, 0.29) is 0 Å². The van der Waals surface area contributed by atoms with Crippen molar-refractivity contribution in [2.45, 2.75) is 0 Å². The molecule has 0 unspecified atom stereocenters. The first-order valence-electron chi connectivity index (χ1n) is 2.19. The van der Waals surface area contributed by atoms with Gasteiger partial charge in [-0.1, -0.05) is 0 Å². The summed E-state index contributed by atoms with van der Waals surface area (Å²) in [5.41, 5.74) is 0. The topological polar surface area (TPSA) is 34.9 Å². The molecule has 1 rings (SSSR count). The minimum Gasteiger partial charge on any atom is -0.324 e. The largest absolute Gasteiger partial charge is 0.324 e. The first-order chi connectivity index (χ1) is 3.84. The van der Waals surface area contributed by atoms with Gasteiger partial charge in [0, 0.05) is 7.05 Å². The molecule has 0 saturated carbocycles. The lowest BCUT2D eigenvalue weighted by atomic mass is 10.7. The van der Waals surface area contributed by atoms with Gasteiger partial charge in [-0.2, -0.15) is 0 Å². The van der Waals surface area contributed by atoms with Crippen LogP contribution in [0.25, 0.3) is 0 Å². The van der Waals surface area contributed by atoms with Crippen molar-refractivity contribution in [1.82, 2.24) is 9.55 Å². The van der Waals surface area contributed by atoms with Gasteiger partial charge in [-0.3, -0.25) is 4.79 Å². The van der Waals surface area contributed by atoms with Gasteiger partial charge in [-0.15, -0.1) is 0 Å². The lowest BCUT2D eigenvalue weighted by Gasteiger charge is -1.85. The molecule has 1 aromatic heterocycles. The van der Waals surface area contributed by atoms with Crippen LogP contribution in [-0.4, -0.2) is 15.8 Å². The van der Waals surface area contributed by atoms with Crippen LogP contribution in [0, 0.1) is 6.20 Å². The average Bonchev–Trinajstić information content (AvgIpc) is 2.14. The van der Waals surface area contributed by atoms with E-state index in [0.717, 1.165) is 0 Å². The Bertz CT molecular complexity index is 192. The standard InChI is InChI=1S/C5H5N2O/c1-7-3-2-6-5(7)4-8/h2,4H,1H3. The quantitative estimate of drug-likeness (QED) is 0.477. The van der Waals surface area contributed by atoms with Crippen LogP contribution in [0.5, 0.6) is 0 Å². The maximum Gasteiger partial charge on any atom is 0.185 e. The molecule has 0 N–H and O–H groups in total. The third kappa shape index (κ3) is 0.621. The molecule has 0 bridgehead atoms. The Labute approximate surface area is 47.0 Å². The van der Waals surface area contributed by atoms with Crippen molar-refractivity contribution in [1.29, 1.82) is 0 Å².